The summed E-state index contributed by atoms with van der Waals surface area (Å²) < 4.78 is 160. The van der Waals surface area contributed by atoms with E-state index in [0.29, 0.717) is 38.2 Å². The van der Waals surface area contributed by atoms with E-state index in [-0.39, 0.29) is 27.7 Å². The molecule has 12 rings (SSSR count). The van der Waals surface area contributed by atoms with E-state index in [1.54, 1.807) is 64.3 Å². The fourth-order valence-corrected chi connectivity index (χ4v) is 7.78. The molecule has 0 fully saturated rings. The van der Waals surface area contributed by atoms with Gasteiger partial charge in [-0.1, -0.05) is 109 Å². The van der Waals surface area contributed by atoms with Crippen molar-refractivity contribution in [2.45, 2.75) is 0 Å². The Balaban J connectivity index is 1.37. The van der Waals surface area contributed by atoms with Crippen LogP contribution in [-0.4, -0.2) is 33.6 Å². The average Bonchev–Trinajstić information content (AvgIpc) is 4.08. The van der Waals surface area contributed by atoms with Crippen molar-refractivity contribution in [2.75, 3.05) is 0 Å². The third-order valence-electron chi connectivity index (χ3n) is 10.1. The topological polar surface area (TPSA) is 66.3 Å². The van der Waals surface area contributed by atoms with Gasteiger partial charge in [-0.15, -0.1) is 0 Å². The molecule has 0 N–H and O–H groups in total. The van der Waals surface area contributed by atoms with Crippen molar-refractivity contribution in [2.24, 2.45) is 0 Å². The van der Waals surface area contributed by atoms with Crippen LogP contribution in [-0.2, 0) is 0 Å². The van der Waals surface area contributed by atoms with E-state index < -0.39 is 137 Å². The number of rotatable bonds is 5. The first-order valence-electron chi connectivity index (χ1n) is 26.2. The van der Waals surface area contributed by atoms with Crippen LogP contribution in [0.4, 0.5) is 0 Å². The summed E-state index contributed by atoms with van der Waals surface area (Å²) in [5.41, 5.74) is -0.464. The zero-order valence-electron chi connectivity index (χ0n) is 46.2. The van der Waals surface area contributed by atoms with Crippen LogP contribution >= 0.6 is 0 Å². The molecule has 7 nitrogen and oxygen atoms in total. The van der Waals surface area contributed by atoms with Gasteiger partial charge in [0.15, 0.2) is 5.82 Å². The number of hydrogen-bond acceptors (Lipinski definition) is 4. The molecule has 6 aromatic heterocycles. The summed E-state index contributed by atoms with van der Waals surface area (Å²) in [7, 11) is 0. The van der Waals surface area contributed by atoms with Gasteiger partial charge in [-0.3, -0.25) is 14.5 Å². The van der Waals surface area contributed by atoms with Gasteiger partial charge in [-0.05, 0) is 48.4 Å². The summed E-state index contributed by atoms with van der Waals surface area (Å²) in [6.07, 6.45) is 6.38. The quantitative estimate of drug-likeness (QED) is 0.176. The fraction of sp³-hybridized carbons (Fsp3) is 0. The minimum atomic E-state index is -0.822. The molecule has 266 valence electrons. The van der Waals surface area contributed by atoms with Crippen LogP contribution in [0.15, 0.2) is 188 Å². The number of pyridine rings is 2. The molecule has 57 heavy (non-hydrogen) atoms. The zero-order valence-corrected chi connectivity index (χ0v) is 29.2. The van der Waals surface area contributed by atoms with Crippen molar-refractivity contribution < 1.29 is 23.3 Å². The normalized spacial score (nSPS) is 16.0. The fourth-order valence-electron chi connectivity index (χ4n) is 7.78. The SMILES string of the molecule is [2H]c1c(-c2c([2H])c([2H])c([2H])c([2H])c2[2H])nc(-c2c([2H])c([2H])c([2H])c(-n3c4ccccc4c4ccncc43)c2-n2c3ccccc3c3ccncc32)nc1-n1c2c([2H])c([2H])c([2H])c([2H])c2c2c([2H])c([2H])c([2H])c([2H])c21. The highest BCUT2D eigenvalue weighted by Gasteiger charge is 2.25. The molecular formula is C50H31N7. The molecule has 0 saturated heterocycles. The number of benzene rings is 6. The Hall–Kier alpha value is -7.90. The van der Waals surface area contributed by atoms with Crippen molar-refractivity contribution in [1.29, 1.82) is 0 Å². The molecule has 0 atom stereocenters. The first kappa shape index (κ1) is 19.1. The van der Waals surface area contributed by atoms with Crippen LogP contribution < -0.4 is 0 Å². The lowest BCUT2D eigenvalue weighted by atomic mass is 10.1. The van der Waals surface area contributed by atoms with E-state index in [0.717, 1.165) is 9.95 Å². The van der Waals surface area contributed by atoms with E-state index in [9.17, 15) is 8.22 Å². The molecule has 0 saturated carbocycles. The van der Waals surface area contributed by atoms with E-state index in [1.807, 2.05) is 30.3 Å². The summed E-state index contributed by atoms with van der Waals surface area (Å²) >= 11 is 0. The molecular weight excluding hydrogens is 699 g/mol. The van der Waals surface area contributed by atoms with E-state index in [4.69, 9.17) is 25.0 Å². The Labute approximate surface area is 350 Å². The Bertz CT molecular complexity index is 4330. The second-order valence-electron chi connectivity index (χ2n) is 13.1. The minimum absolute atomic E-state index is 0.00320. The van der Waals surface area contributed by atoms with Crippen molar-refractivity contribution in [1.82, 2.24) is 33.6 Å². The van der Waals surface area contributed by atoms with Gasteiger partial charge in [-0.2, -0.15) is 0 Å². The van der Waals surface area contributed by atoms with E-state index in [1.165, 1.54) is 0 Å². The van der Waals surface area contributed by atoms with Crippen LogP contribution in [0.2, 0.25) is 0 Å². The molecule has 6 aromatic carbocycles. The highest BCUT2D eigenvalue weighted by molar-refractivity contribution is 6.12. The summed E-state index contributed by atoms with van der Waals surface area (Å²) in [5, 5.41) is 2.11. The van der Waals surface area contributed by atoms with Crippen molar-refractivity contribution in [3.63, 3.8) is 0 Å². The first-order chi connectivity index (χ1) is 35.4. The minimum Gasteiger partial charge on any atom is -0.306 e. The number of aromatic nitrogens is 7. The highest BCUT2D eigenvalue weighted by atomic mass is 15.1. The Morgan fingerprint density at radius 1 is 0.439 bits per heavy atom. The molecule has 12 aromatic rings. The van der Waals surface area contributed by atoms with Crippen LogP contribution in [0.25, 0.3) is 105 Å². The van der Waals surface area contributed by atoms with Gasteiger partial charge in [0.1, 0.15) is 5.82 Å². The summed E-state index contributed by atoms with van der Waals surface area (Å²) in [6, 6.07) is 5.73. The van der Waals surface area contributed by atoms with Crippen LogP contribution in [0.5, 0.6) is 0 Å². The maximum Gasteiger partial charge on any atom is 0.164 e. The third-order valence-corrected chi connectivity index (χ3v) is 10.1. The maximum atomic E-state index is 9.97. The van der Waals surface area contributed by atoms with Crippen LogP contribution in [0.3, 0.4) is 0 Å². The number of hydrogen-bond donors (Lipinski definition) is 0. The zero-order chi connectivity index (χ0) is 52.2. The van der Waals surface area contributed by atoms with Gasteiger partial charge in [-0.25, -0.2) is 9.97 Å². The molecule has 0 amide bonds. The average molecular weight is 747 g/mol. The largest absolute Gasteiger partial charge is 0.306 e. The van der Waals surface area contributed by atoms with Gasteiger partial charge in [0.05, 0.1) is 85.9 Å². The van der Waals surface area contributed by atoms with Gasteiger partial charge in [0.25, 0.3) is 0 Å². The lowest BCUT2D eigenvalue weighted by molar-refractivity contribution is 1.03. The molecule has 0 radical (unpaired) electrons. The molecule has 6 heterocycles. The van der Waals surface area contributed by atoms with Crippen molar-refractivity contribution in [3.05, 3.63) is 188 Å². The molecule has 0 aliphatic rings. The van der Waals surface area contributed by atoms with Gasteiger partial charge in [0.2, 0.25) is 0 Å². The number of fused-ring (bicyclic) bond motifs is 9. The molecule has 0 spiro atoms. The summed E-state index contributed by atoms with van der Waals surface area (Å²) in [6.45, 7) is 0. The second kappa shape index (κ2) is 12.3. The predicted octanol–water partition coefficient (Wildman–Crippen LogP) is 11.9. The van der Waals surface area contributed by atoms with Crippen LogP contribution in [0.1, 0.15) is 23.3 Å². The number of para-hydroxylation sites is 5. The molecule has 7 heteroatoms. The second-order valence-corrected chi connectivity index (χ2v) is 13.1. The Morgan fingerprint density at radius 3 is 1.70 bits per heavy atom. The maximum absolute atomic E-state index is 9.97. The molecule has 0 bridgehead atoms. The predicted molar refractivity (Wildman–Crippen MR) is 232 cm³/mol. The lowest BCUT2D eigenvalue weighted by Crippen LogP contribution is -2.08. The van der Waals surface area contributed by atoms with Crippen molar-refractivity contribution in [3.8, 4) is 39.8 Å². The smallest absolute Gasteiger partial charge is 0.164 e. The first-order valence-corrected chi connectivity index (χ1v) is 17.7. The highest BCUT2D eigenvalue weighted by Crippen LogP contribution is 2.42. The molecule has 0 unspecified atom stereocenters. The summed E-state index contributed by atoms with van der Waals surface area (Å²) in [5.74, 6) is -1.22. The van der Waals surface area contributed by atoms with Gasteiger partial charge < -0.3 is 9.13 Å². The van der Waals surface area contributed by atoms with Crippen molar-refractivity contribution >= 4 is 65.4 Å². The van der Waals surface area contributed by atoms with Gasteiger partial charge in [0, 0.05) is 61.9 Å². The Kier molecular flexibility index (Phi) is 4.13. The third kappa shape index (κ3) is 4.66. The summed E-state index contributed by atoms with van der Waals surface area (Å²) in [4.78, 5) is 18.7. The van der Waals surface area contributed by atoms with E-state index in [2.05, 4.69) is 9.97 Å². The number of nitrogens with zero attached hydrogens (tertiary/aromatic N) is 7. The lowest BCUT2D eigenvalue weighted by Gasteiger charge is -2.20. The van der Waals surface area contributed by atoms with Crippen LogP contribution in [0, 0.1) is 0 Å². The van der Waals surface area contributed by atoms with Gasteiger partial charge >= 0.3 is 0 Å². The molecule has 0 aliphatic heterocycles. The Morgan fingerprint density at radius 2 is 1.02 bits per heavy atom. The standard InChI is InChI=1S/C50H31N7/c1-2-13-32(14-3-1)40-29-48(56-42-21-9-5-15-33(42)34-16-6-10-22-43(34)56)54-50(53-40)39-19-12-24-45(55-41-20-8-4-17-35(41)37-25-27-51-30-46(37)55)49(39)57-44-23-11-7-18-36(44)38-26-28-52-31-47(38)57/h1-31H/i1D,2D,3D,5D,6D,9D,10D,12D,13D,14D,15D,16D,19D,21D,22D,24D,29D. The molecule has 0 aliphatic carbocycles. The monoisotopic (exact) mass is 746 g/mol. The van der Waals surface area contributed by atoms with E-state index >= 15 is 0 Å².